The molecule has 1 fully saturated rings. The smallest absolute Gasteiger partial charge is 0.119 e. The highest BCUT2D eigenvalue weighted by Crippen LogP contribution is 2.40. The van der Waals surface area contributed by atoms with Crippen molar-refractivity contribution >= 4 is 5.84 Å². The van der Waals surface area contributed by atoms with E-state index >= 15 is 0 Å². The third kappa shape index (κ3) is 21.3. The molecule has 4 heteroatoms. The second kappa shape index (κ2) is 28.1. The molecule has 0 bridgehead atoms. The molecule has 0 unspecified atom stereocenters. The summed E-state index contributed by atoms with van der Waals surface area (Å²) < 4.78 is 10.7. The van der Waals surface area contributed by atoms with Crippen molar-refractivity contribution in [2.24, 2.45) is 5.73 Å². The summed E-state index contributed by atoms with van der Waals surface area (Å²) in [5.41, 5.74) is 7.48. The van der Waals surface area contributed by atoms with Crippen molar-refractivity contribution in [1.29, 1.82) is 5.41 Å². The van der Waals surface area contributed by atoms with Crippen LogP contribution in [-0.2, 0) is 21.5 Å². The van der Waals surface area contributed by atoms with Crippen LogP contribution < -0.4 is 5.73 Å². The lowest BCUT2D eigenvalue weighted by atomic mass is 9.69. The molecule has 0 atom stereocenters. The molecule has 1 aliphatic rings. The number of ether oxygens (including phenoxy) is 2. The molecule has 0 heterocycles. The number of hydrogen-bond donors (Lipinski definition) is 2. The van der Waals surface area contributed by atoms with Gasteiger partial charge in [-0.15, -0.1) is 0 Å². The van der Waals surface area contributed by atoms with Crippen LogP contribution in [0.2, 0.25) is 0 Å². The Morgan fingerprint density at radius 1 is 0.953 bits per heavy atom. The third-order valence-electron chi connectivity index (χ3n) is 6.20. The van der Waals surface area contributed by atoms with E-state index in [4.69, 9.17) is 20.6 Å². The lowest BCUT2D eigenvalue weighted by Gasteiger charge is -2.35. The summed E-state index contributed by atoms with van der Waals surface area (Å²) in [7, 11) is 1.63. The zero-order valence-electron chi connectivity index (χ0n) is 27.8. The van der Waals surface area contributed by atoms with Crippen molar-refractivity contribution in [3.63, 3.8) is 0 Å². The fraction of sp³-hybridized carbons (Fsp3) is 0.359. The maximum absolute atomic E-state index is 6.28. The highest BCUT2D eigenvalue weighted by atomic mass is 16.5. The molecule has 2 aromatic rings. The number of methoxy groups -OCH3 is 1. The Labute approximate surface area is 263 Å². The van der Waals surface area contributed by atoms with Gasteiger partial charge in [0.15, 0.2) is 0 Å². The van der Waals surface area contributed by atoms with E-state index in [2.05, 4.69) is 80.4 Å². The van der Waals surface area contributed by atoms with E-state index in [1.165, 1.54) is 50.2 Å². The molecule has 0 saturated heterocycles. The zero-order valence-corrected chi connectivity index (χ0v) is 27.8. The lowest BCUT2D eigenvalue weighted by molar-refractivity contribution is 0.211. The monoisotopic (exact) mass is 586 g/mol. The van der Waals surface area contributed by atoms with Crippen LogP contribution in [-0.4, -0.2) is 12.9 Å². The molecular formula is C39H58N2O2. The molecular weight excluding hydrogens is 528 g/mol. The van der Waals surface area contributed by atoms with Crippen LogP contribution in [0, 0.1) is 5.41 Å². The van der Waals surface area contributed by atoms with Gasteiger partial charge in [-0.1, -0.05) is 151 Å². The summed E-state index contributed by atoms with van der Waals surface area (Å²) in [6.07, 6.45) is 21.3. The number of rotatable bonds is 10. The largest absolute Gasteiger partial charge is 0.502 e. The first-order valence-corrected chi connectivity index (χ1v) is 15.3. The number of nitrogens with one attached hydrogen (secondary N) is 1. The second-order valence-electron chi connectivity index (χ2n) is 9.54. The summed E-state index contributed by atoms with van der Waals surface area (Å²) in [6.45, 7) is 20.4. The molecule has 2 aromatic carbocycles. The summed E-state index contributed by atoms with van der Waals surface area (Å²) >= 11 is 0. The van der Waals surface area contributed by atoms with E-state index in [0.29, 0.717) is 6.61 Å². The molecule has 43 heavy (non-hydrogen) atoms. The van der Waals surface area contributed by atoms with Crippen LogP contribution in [0.15, 0.2) is 134 Å². The van der Waals surface area contributed by atoms with Crippen LogP contribution in [0.3, 0.4) is 0 Å². The number of hydrogen-bond acceptors (Lipinski definition) is 3. The minimum atomic E-state index is 0.163. The van der Waals surface area contributed by atoms with Crippen LogP contribution in [0.5, 0.6) is 0 Å². The maximum Gasteiger partial charge on any atom is 0.119 e. The molecule has 3 rings (SSSR count). The van der Waals surface area contributed by atoms with Crippen molar-refractivity contribution < 1.29 is 9.47 Å². The van der Waals surface area contributed by atoms with Crippen molar-refractivity contribution in [3.05, 3.63) is 146 Å². The highest BCUT2D eigenvalue weighted by Gasteiger charge is 2.30. The van der Waals surface area contributed by atoms with E-state index < -0.39 is 0 Å². The molecule has 236 valence electrons. The molecule has 0 spiro atoms. The average molecular weight is 587 g/mol. The quantitative estimate of drug-likeness (QED) is 0.126. The minimum absolute atomic E-state index is 0.163. The molecule has 0 amide bonds. The van der Waals surface area contributed by atoms with Gasteiger partial charge in [0.05, 0.1) is 18.7 Å². The van der Waals surface area contributed by atoms with Gasteiger partial charge in [-0.3, -0.25) is 5.41 Å². The van der Waals surface area contributed by atoms with Crippen LogP contribution in [0.25, 0.3) is 0 Å². The van der Waals surface area contributed by atoms with Gasteiger partial charge in [0, 0.05) is 11.8 Å². The first kappa shape index (κ1) is 41.1. The van der Waals surface area contributed by atoms with Crippen molar-refractivity contribution in [2.75, 3.05) is 7.11 Å². The number of nitrogens with two attached hydrogens (primary N) is 1. The van der Waals surface area contributed by atoms with Gasteiger partial charge < -0.3 is 15.2 Å². The maximum atomic E-state index is 6.28. The topological polar surface area (TPSA) is 68.3 Å². The molecule has 0 aromatic heterocycles. The van der Waals surface area contributed by atoms with Gasteiger partial charge >= 0.3 is 0 Å². The van der Waals surface area contributed by atoms with Gasteiger partial charge in [-0.05, 0) is 50.0 Å². The van der Waals surface area contributed by atoms with Crippen LogP contribution >= 0.6 is 0 Å². The Morgan fingerprint density at radius 2 is 1.47 bits per heavy atom. The number of amidine groups is 1. The molecule has 0 radical (unpaired) electrons. The van der Waals surface area contributed by atoms with Gasteiger partial charge in [0.25, 0.3) is 0 Å². The van der Waals surface area contributed by atoms with E-state index in [1.807, 2.05) is 58.0 Å². The fourth-order valence-electron chi connectivity index (χ4n) is 4.03. The lowest BCUT2D eigenvalue weighted by Crippen LogP contribution is -2.26. The first-order chi connectivity index (χ1) is 20.8. The molecule has 0 aliphatic heterocycles. The van der Waals surface area contributed by atoms with Crippen LogP contribution in [0.4, 0.5) is 0 Å². The van der Waals surface area contributed by atoms with Crippen LogP contribution in [0.1, 0.15) is 84.3 Å². The molecule has 3 N–H and O–H groups in total. The second-order valence-corrected chi connectivity index (χ2v) is 9.54. The van der Waals surface area contributed by atoms with E-state index in [1.54, 1.807) is 19.3 Å². The Kier molecular flexibility index (Phi) is 26.8. The van der Waals surface area contributed by atoms with Gasteiger partial charge in [-0.25, -0.2) is 0 Å². The molecule has 1 aliphatic carbocycles. The summed E-state index contributed by atoms with van der Waals surface area (Å²) in [6, 6.07) is 21.3. The highest BCUT2D eigenvalue weighted by molar-refractivity contribution is 5.73. The first-order valence-electron chi connectivity index (χ1n) is 15.3. The van der Waals surface area contributed by atoms with E-state index in [9.17, 15) is 0 Å². The number of allylic oxidation sites excluding steroid dienone is 8. The standard InChI is InChI=1S/C26H30O.C5H10O.C4H6.C2H6N2.C2H6/c1-2-13-25(27-22-23-14-6-3-7-15-23)18-12-21-26(19-10-5-11-20-26)24-16-8-4-9-17-24;1-4-5(2)6-3;1-3-4-2;1-2(3)4;1-2/h2-4,6-9,12-18,21H,5,10-11,19-20,22H2,1H3;2,4H2,1,3H3;3-4H,1-2H2;1H3,(H3,3,4);1-2H3/b13-2-,21-12+,25-18+;;;;. The van der Waals surface area contributed by atoms with E-state index in [0.717, 1.165) is 17.9 Å². The summed E-state index contributed by atoms with van der Waals surface area (Å²) in [5.74, 6) is 1.91. The zero-order chi connectivity index (χ0) is 32.8. The Balaban J connectivity index is 0. The SMILES string of the molecule is C=C(CC)OC.C=CC=C.CC.CC(=N)N.C\C=C/C(=C\C=C\C1(c2ccccc2)CCCCC1)OCc1ccccc1. The Morgan fingerprint density at radius 3 is 1.88 bits per heavy atom. The predicted molar refractivity (Wildman–Crippen MR) is 190 cm³/mol. The molecule has 4 nitrogen and oxygen atoms in total. The summed E-state index contributed by atoms with van der Waals surface area (Å²) in [5, 5.41) is 6.28. The fourth-order valence-corrected chi connectivity index (χ4v) is 4.03. The van der Waals surface area contributed by atoms with Gasteiger partial charge in [-0.2, -0.15) is 0 Å². The predicted octanol–water partition coefficient (Wildman–Crippen LogP) is 11.0. The van der Waals surface area contributed by atoms with Crippen molar-refractivity contribution in [2.45, 2.75) is 85.2 Å². The van der Waals surface area contributed by atoms with Gasteiger partial charge in [0.1, 0.15) is 12.4 Å². The van der Waals surface area contributed by atoms with Crippen molar-refractivity contribution in [3.8, 4) is 0 Å². The Bertz CT molecular complexity index is 1060. The normalized spacial score (nSPS) is 13.2. The third-order valence-corrected chi connectivity index (χ3v) is 6.20. The average Bonchev–Trinajstić information content (AvgIpc) is 3.05. The minimum Gasteiger partial charge on any atom is -0.502 e. The Hall–Kier alpha value is -4.05. The number of benzene rings is 2. The van der Waals surface area contributed by atoms with Gasteiger partial charge in [0.2, 0.25) is 0 Å². The summed E-state index contributed by atoms with van der Waals surface area (Å²) in [4.78, 5) is 0. The molecule has 1 saturated carbocycles. The van der Waals surface area contributed by atoms with Crippen molar-refractivity contribution in [1.82, 2.24) is 0 Å². The van der Waals surface area contributed by atoms with E-state index in [-0.39, 0.29) is 11.3 Å².